The molecule has 1 unspecified atom stereocenters. The van der Waals surface area contributed by atoms with Crippen molar-refractivity contribution in [2.75, 3.05) is 19.5 Å². The van der Waals surface area contributed by atoms with Gasteiger partial charge in [-0.25, -0.2) is 9.07 Å². The number of allylic oxidation sites excluding steroid dienone is 2. The van der Waals surface area contributed by atoms with E-state index in [1.54, 1.807) is 37.1 Å². The van der Waals surface area contributed by atoms with Crippen LogP contribution in [0.1, 0.15) is 30.9 Å². The topological polar surface area (TPSA) is 78.3 Å². The molecule has 5 rings (SSSR count). The fourth-order valence-corrected chi connectivity index (χ4v) is 4.21. The molecule has 2 aliphatic rings. The van der Waals surface area contributed by atoms with Gasteiger partial charge in [-0.2, -0.15) is 4.98 Å². The predicted octanol–water partition coefficient (Wildman–Crippen LogP) is 4.12. The fraction of sp³-hybridized carbons (Fsp3) is 0.261. The van der Waals surface area contributed by atoms with Gasteiger partial charge in [0.25, 0.3) is 0 Å². The Morgan fingerprint density at radius 1 is 1.06 bits per heavy atom. The molecule has 0 amide bonds. The monoisotopic (exact) mass is 420 g/mol. The first-order valence-corrected chi connectivity index (χ1v) is 10.1. The number of methoxy groups -OCH3 is 2. The van der Waals surface area contributed by atoms with E-state index in [0.29, 0.717) is 35.3 Å². The van der Waals surface area contributed by atoms with Crippen molar-refractivity contribution in [3.05, 3.63) is 65.1 Å². The third-order valence-corrected chi connectivity index (χ3v) is 5.70. The summed E-state index contributed by atoms with van der Waals surface area (Å²) < 4.78 is 26.0. The number of aromatic nitrogens is 3. The van der Waals surface area contributed by atoms with Crippen LogP contribution < -0.4 is 14.8 Å². The second kappa shape index (κ2) is 7.54. The standard InChI is InChI=1S/C23H21FN4O3/c1-30-18-11-8-14(12-19(18)31-2)22-26-23-25-16-4-3-5-17(29)20(16)21(28(23)27-22)13-6-9-15(24)10-7-13/h6-12,21H,3-5H2,1-2H3,(H,25,26,27). The van der Waals surface area contributed by atoms with E-state index in [-0.39, 0.29) is 11.6 Å². The zero-order chi connectivity index (χ0) is 21.5. The number of rotatable bonds is 4. The number of benzene rings is 2. The summed E-state index contributed by atoms with van der Waals surface area (Å²) in [6.07, 6.45) is 2.04. The third-order valence-electron chi connectivity index (χ3n) is 5.70. The number of hydrogen-bond acceptors (Lipinski definition) is 6. The highest BCUT2D eigenvalue weighted by atomic mass is 19.1. The SMILES string of the molecule is COc1ccc(-c2nc3n(n2)C(c2ccc(F)cc2)C2=C(CCCC2=O)N3)cc1OC. The molecule has 31 heavy (non-hydrogen) atoms. The van der Waals surface area contributed by atoms with E-state index >= 15 is 0 Å². The number of halogens is 1. The van der Waals surface area contributed by atoms with Crippen molar-refractivity contribution in [2.45, 2.75) is 25.3 Å². The van der Waals surface area contributed by atoms with Gasteiger partial charge in [0.2, 0.25) is 5.95 Å². The molecule has 1 aromatic heterocycles. The average molecular weight is 420 g/mol. The minimum atomic E-state index is -0.457. The highest BCUT2D eigenvalue weighted by Crippen LogP contribution is 2.41. The largest absolute Gasteiger partial charge is 0.493 e. The molecule has 1 aliphatic heterocycles. The van der Waals surface area contributed by atoms with Crippen LogP contribution >= 0.6 is 0 Å². The summed E-state index contributed by atoms with van der Waals surface area (Å²) in [5.41, 5.74) is 3.08. The Labute approximate surface area is 178 Å². The number of anilines is 1. The van der Waals surface area contributed by atoms with E-state index in [0.717, 1.165) is 29.7 Å². The first-order valence-electron chi connectivity index (χ1n) is 10.1. The molecule has 8 heteroatoms. The van der Waals surface area contributed by atoms with Gasteiger partial charge in [-0.05, 0) is 48.7 Å². The van der Waals surface area contributed by atoms with Crippen LogP contribution in [0.2, 0.25) is 0 Å². The maximum Gasteiger partial charge on any atom is 0.226 e. The molecule has 0 fully saturated rings. The van der Waals surface area contributed by atoms with Crippen molar-refractivity contribution >= 4 is 11.7 Å². The number of nitrogens with one attached hydrogen (secondary N) is 1. The number of ether oxygens (including phenoxy) is 2. The van der Waals surface area contributed by atoms with Gasteiger partial charge in [0.05, 0.1) is 14.2 Å². The summed E-state index contributed by atoms with van der Waals surface area (Å²) in [5, 5.41) is 8.02. The Bertz CT molecular complexity index is 1200. The Balaban J connectivity index is 1.64. The summed E-state index contributed by atoms with van der Waals surface area (Å²) >= 11 is 0. The molecule has 7 nitrogen and oxygen atoms in total. The van der Waals surface area contributed by atoms with E-state index in [1.807, 2.05) is 12.1 Å². The zero-order valence-electron chi connectivity index (χ0n) is 17.2. The molecule has 1 atom stereocenters. The first kappa shape index (κ1) is 19.3. The first-order chi connectivity index (χ1) is 15.1. The smallest absolute Gasteiger partial charge is 0.226 e. The number of Topliss-reactive ketones (excluding diaryl/α,β-unsaturated/α-hetero) is 1. The fourth-order valence-electron chi connectivity index (χ4n) is 4.21. The number of fused-ring (bicyclic) bond motifs is 1. The van der Waals surface area contributed by atoms with Crippen LogP contribution in [0.3, 0.4) is 0 Å². The number of carbonyl (C=O) groups is 1. The van der Waals surface area contributed by atoms with Crippen LogP contribution in [-0.2, 0) is 4.79 Å². The summed E-state index contributed by atoms with van der Waals surface area (Å²) in [6.45, 7) is 0. The van der Waals surface area contributed by atoms with Gasteiger partial charge in [-0.15, -0.1) is 5.10 Å². The molecule has 3 aromatic rings. The summed E-state index contributed by atoms with van der Waals surface area (Å²) in [7, 11) is 3.15. The number of ketones is 1. The summed E-state index contributed by atoms with van der Waals surface area (Å²) in [5.74, 6) is 1.97. The lowest BCUT2D eigenvalue weighted by Crippen LogP contribution is -2.31. The van der Waals surface area contributed by atoms with Crippen LogP contribution in [0.5, 0.6) is 11.5 Å². The van der Waals surface area contributed by atoms with E-state index in [2.05, 4.69) is 10.3 Å². The van der Waals surface area contributed by atoms with Crippen molar-refractivity contribution in [2.24, 2.45) is 0 Å². The van der Waals surface area contributed by atoms with Crippen molar-refractivity contribution < 1.29 is 18.7 Å². The van der Waals surface area contributed by atoms with Crippen LogP contribution in [0.15, 0.2) is 53.7 Å². The van der Waals surface area contributed by atoms with Crippen molar-refractivity contribution in [1.29, 1.82) is 0 Å². The van der Waals surface area contributed by atoms with Crippen LogP contribution in [0.25, 0.3) is 11.4 Å². The van der Waals surface area contributed by atoms with E-state index < -0.39 is 6.04 Å². The lowest BCUT2D eigenvalue weighted by atomic mass is 9.85. The predicted molar refractivity (Wildman–Crippen MR) is 113 cm³/mol. The minimum Gasteiger partial charge on any atom is -0.493 e. The molecular formula is C23H21FN4O3. The second-order valence-electron chi connectivity index (χ2n) is 7.52. The van der Waals surface area contributed by atoms with Gasteiger partial charge < -0.3 is 14.8 Å². The van der Waals surface area contributed by atoms with Gasteiger partial charge in [0.15, 0.2) is 23.1 Å². The summed E-state index contributed by atoms with van der Waals surface area (Å²) in [6, 6.07) is 11.2. The molecule has 1 aliphatic carbocycles. The van der Waals surface area contributed by atoms with E-state index in [9.17, 15) is 9.18 Å². The maximum atomic E-state index is 13.6. The molecular weight excluding hydrogens is 399 g/mol. The Morgan fingerprint density at radius 2 is 1.84 bits per heavy atom. The molecule has 0 spiro atoms. The van der Waals surface area contributed by atoms with Crippen LogP contribution in [0, 0.1) is 5.82 Å². The van der Waals surface area contributed by atoms with Crippen LogP contribution in [-0.4, -0.2) is 34.8 Å². The van der Waals surface area contributed by atoms with Gasteiger partial charge >= 0.3 is 0 Å². The number of hydrogen-bond donors (Lipinski definition) is 1. The Kier molecular flexibility index (Phi) is 4.69. The normalized spacial score (nSPS) is 17.6. The molecule has 0 radical (unpaired) electrons. The quantitative estimate of drug-likeness (QED) is 0.684. The van der Waals surface area contributed by atoms with Gasteiger partial charge in [-0.1, -0.05) is 12.1 Å². The lowest BCUT2D eigenvalue weighted by molar-refractivity contribution is -0.116. The van der Waals surface area contributed by atoms with E-state index in [1.165, 1.54) is 12.1 Å². The van der Waals surface area contributed by atoms with Crippen molar-refractivity contribution in [3.8, 4) is 22.9 Å². The van der Waals surface area contributed by atoms with Gasteiger partial charge in [0.1, 0.15) is 11.9 Å². The summed E-state index contributed by atoms with van der Waals surface area (Å²) in [4.78, 5) is 17.5. The van der Waals surface area contributed by atoms with Gasteiger partial charge in [-0.3, -0.25) is 4.79 Å². The Hall–Kier alpha value is -3.68. The average Bonchev–Trinajstić information content (AvgIpc) is 3.22. The van der Waals surface area contributed by atoms with Crippen molar-refractivity contribution in [3.63, 3.8) is 0 Å². The molecule has 0 bridgehead atoms. The third kappa shape index (κ3) is 3.24. The van der Waals surface area contributed by atoms with Crippen molar-refractivity contribution in [1.82, 2.24) is 14.8 Å². The lowest BCUT2D eigenvalue weighted by Gasteiger charge is -2.32. The highest BCUT2D eigenvalue weighted by molar-refractivity contribution is 5.99. The molecule has 0 saturated heterocycles. The molecule has 2 aromatic carbocycles. The van der Waals surface area contributed by atoms with Crippen LogP contribution in [0.4, 0.5) is 10.3 Å². The molecule has 158 valence electrons. The maximum absolute atomic E-state index is 13.6. The number of carbonyl (C=O) groups excluding carboxylic acids is 1. The molecule has 0 saturated carbocycles. The zero-order valence-corrected chi connectivity index (χ0v) is 17.2. The minimum absolute atomic E-state index is 0.0805. The van der Waals surface area contributed by atoms with E-state index in [4.69, 9.17) is 14.6 Å². The second-order valence-corrected chi connectivity index (χ2v) is 7.52. The number of nitrogens with zero attached hydrogens (tertiary/aromatic N) is 3. The molecule has 1 N–H and O–H groups in total. The highest BCUT2D eigenvalue weighted by Gasteiger charge is 2.37. The van der Waals surface area contributed by atoms with Gasteiger partial charge in [0, 0.05) is 23.3 Å². The molecule has 2 heterocycles. The Morgan fingerprint density at radius 3 is 2.58 bits per heavy atom.